The Kier molecular flexibility index (Phi) is 5.09. The van der Waals surface area contributed by atoms with Crippen molar-refractivity contribution in [2.75, 3.05) is 11.9 Å². The van der Waals surface area contributed by atoms with E-state index >= 15 is 0 Å². The van der Waals surface area contributed by atoms with Gasteiger partial charge in [-0.3, -0.25) is 19.3 Å². The Balaban J connectivity index is 1.25. The minimum atomic E-state index is -0.287. The molecule has 7 heteroatoms. The van der Waals surface area contributed by atoms with Gasteiger partial charge in [0.15, 0.2) is 0 Å². The second kappa shape index (κ2) is 8.07. The molecule has 0 radical (unpaired) electrons. The van der Waals surface area contributed by atoms with E-state index in [1.165, 1.54) is 4.90 Å². The minimum Gasteiger partial charge on any atom is -0.310 e. The van der Waals surface area contributed by atoms with Gasteiger partial charge in [0.2, 0.25) is 5.91 Å². The number of amides is 3. The maximum Gasteiger partial charge on any atom is 0.261 e. The van der Waals surface area contributed by atoms with Crippen LogP contribution in [-0.2, 0) is 17.6 Å². The number of nitrogens with one attached hydrogen (secondary N) is 1. The van der Waals surface area contributed by atoms with Gasteiger partial charge in [-0.25, -0.2) is 4.68 Å². The van der Waals surface area contributed by atoms with Crippen LogP contribution in [0.2, 0.25) is 0 Å². The summed E-state index contributed by atoms with van der Waals surface area (Å²) >= 11 is 0. The van der Waals surface area contributed by atoms with Crippen molar-refractivity contribution in [1.82, 2.24) is 14.7 Å². The zero-order valence-corrected chi connectivity index (χ0v) is 17.9. The standard InChI is InChI=1S/C25H24N4O3/c1-16-12-13-18-20(15-16)25(32)28(24(18)31)14-6-11-22(30)26-23-19-9-5-10-21(19)27-29(23)17-7-3-2-4-8-17/h2-4,7-8,12-13,15H,5-6,9-11,14H2,1H3,(H,26,30). The fourth-order valence-corrected chi connectivity index (χ4v) is 4.48. The largest absolute Gasteiger partial charge is 0.310 e. The van der Waals surface area contributed by atoms with Crippen LogP contribution < -0.4 is 5.32 Å². The van der Waals surface area contributed by atoms with Crippen LogP contribution in [0.5, 0.6) is 0 Å². The Hall–Kier alpha value is -3.74. The molecule has 0 saturated heterocycles. The molecule has 1 N–H and O–H groups in total. The first-order chi connectivity index (χ1) is 15.5. The number of nitrogens with zero attached hydrogens (tertiary/aromatic N) is 3. The topological polar surface area (TPSA) is 84.3 Å². The van der Waals surface area contributed by atoms with E-state index in [0.29, 0.717) is 17.5 Å². The molecule has 3 amide bonds. The van der Waals surface area contributed by atoms with Crippen LogP contribution >= 0.6 is 0 Å². The van der Waals surface area contributed by atoms with Gasteiger partial charge >= 0.3 is 0 Å². The first-order valence-corrected chi connectivity index (χ1v) is 11.0. The van der Waals surface area contributed by atoms with Gasteiger partial charge in [-0.1, -0.05) is 29.8 Å². The molecule has 0 fully saturated rings. The highest BCUT2D eigenvalue weighted by atomic mass is 16.2. The number of aromatic nitrogens is 2. The quantitative estimate of drug-likeness (QED) is 0.607. The third kappa shape index (κ3) is 3.49. The van der Waals surface area contributed by atoms with Gasteiger partial charge in [0, 0.05) is 18.5 Å². The molecule has 2 aromatic carbocycles. The average molecular weight is 428 g/mol. The normalized spacial score (nSPS) is 14.6. The lowest BCUT2D eigenvalue weighted by Crippen LogP contribution is -2.31. The number of benzene rings is 2. The summed E-state index contributed by atoms with van der Waals surface area (Å²) < 4.78 is 1.80. The number of rotatable bonds is 6. The van der Waals surface area contributed by atoms with Gasteiger partial charge in [0.25, 0.3) is 11.8 Å². The zero-order chi connectivity index (χ0) is 22.2. The van der Waals surface area contributed by atoms with Gasteiger partial charge in [0.05, 0.1) is 22.5 Å². The lowest BCUT2D eigenvalue weighted by molar-refractivity contribution is -0.116. The van der Waals surface area contributed by atoms with E-state index in [-0.39, 0.29) is 30.7 Å². The van der Waals surface area contributed by atoms with Crippen molar-refractivity contribution in [3.8, 4) is 5.69 Å². The number of anilines is 1. The van der Waals surface area contributed by atoms with Crippen molar-refractivity contribution in [2.24, 2.45) is 0 Å². The van der Waals surface area contributed by atoms with Crippen molar-refractivity contribution in [3.63, 3.8) is 0 Å². The Morgan fingerprint density at radius 1 is 1.03 bits per heavy atom. The van der Waals surface area contributed by atoms with Gasteiger partial charge in [-0.05, 0) is 56.9 Å². The molecule has 32 heavy (non-hydrogen) atoms. The lowest BCUT2D eigenvalue weighted by Gasteiger charge is -2.14. The predicted molar refractivity (Wildman–Crippen MR) is 120 cm³/mol. The Labute approximate surface area is 186 Å². The van der Waals surface area contributed by atoms with Crippen LogP contribution in [0.1, 0.15) is 56.8 Å². The fourth-order valence-electron chi connectivity index (χ4n) is 4.48. The molecule has 2 aliphatic rings. The second-order valence-electron chi connectivity index (χ2n) is 8.34. The van der Waals surface area contributed by atoms with Crippen LogP contribution in [0.15, 0.2) is 48.5 Å². The third-order valence-electron chi connectivity index (χ3n) is 6.08. The summed E-state index contributed by atoms with van der Waals surface area (Å²) in [6.45, 7) is 2.11. The molecule has 3 aromatic rings. The molecule has 1 aliphatic heterocycles. The molecule has 1 aromatic heterocycles. The Bertz CT molecular complexity index is 1230. The van der Waals surface area contributed by atoms with E-state index in [2.05, 4.69) is 5.32 Å². The number of aryl methyl sites for hydroxylation is 2. The number of hydrogen-bond donors (Lipinski definition) is 1. The van der Waals surface area contributed by atoms with E-state index in [0.717, 1.165) is 47.6 Å². The van der Waals surface area contributed by atoms with Gasteiger partial charge in [0.1, 0.15) is 5.82 Å². The highest BCUT2D eigenvalue weighted by Crippen LogP contribution is 2.31. The molecule has 0 spiro atoms. The average Bonchev–Trinajstić information content (AvgIpc) is 3.44. The van der Waals surface area contributed by atoms with Crippen molar-refractivity contribution < 1.29 is 14.4 Å². The molecule has 0 unspecified atom stereocenters. The number of fused-ring (bicyclic) bond motifs is 2. The molecule has 7 nitrogen and oxygen atoms in total. The minimum absolute atomic E-state index is 0.149. The molecular formula is C25H24N4O3. The second-order valence-corrected chi connectivity index (χ2v) is 8.34. The zero-order valence-electron chi connectivity index (χ0n) is 17.9. The first-order valence-electron chi connectivity index (χ1n) is 11.0. The van der Waals surface area contributed by atoms with E-state index in [9.17, 15) is 14.4 Å². The van der Waals surface area contributed by atoms with Crippen molar-refractivity contribution >= 4 is 23.5 Å². The Morgan fingerprint density at radius 2 is 1.81 bits per heavy atom. The smallest absolute Gasteiger partial charge is 0.261 e. The van der Waals surface area contributed by atoms with E-state index in [1.807, 2.05) is 43.3 Å². The van der Waals surface area contributed by atoms with Gasteiger partial charge < -0.3 is 5.32 Å². The number of imide groups is 1. The predicted octanol–water partition coefficient (Wildman–Crippen LogP) is 3.68. The third-order valence-corrected chi connectivity index (χ3v) is 6.08. The van der Waals surface area contributed by atoms with Gasteiger partial charge in [-0.2, -0.15) is 5.10 Å². The van der Waals surface area contributed by atoms with Crippen LogP contribution in [0, 0.1) is 6.92 Å². The number of carbonyl (C=O) groups is 3. The van der Waals surface area contributed by atoms with E-state index < -0.39 is 0 Å². The number of para-hydroxylation sites is 1. The summed E-state index contributed by atoms with van der Waals surface area (Å²) in [4.78, 5) is 39.2. The summed E-state index contributed by atoms with van der Waals surface area (Å²) in [5, 5.41) is 7.75. The highest BCUT2D eigenvalue weighted by Gasteiger charge is 2.35. The fraction of sp³-hybridized carbons (Fsp3) is 0.280. The van der Waals surface area contributed by atoms with Crippen LogP contribution in [0.3, 0.4) is 0 Å². The highest BCUT2D eigenvalue weighted by molar-refractivity contribution is 6.21. The lowest BCUT2D eigenvalue weighted by atomic mass is 10.1. The van der Waals surface area contributed by atoms with Crippen LogP contribution in [0.4, 0.5) is 5.82 Å². The van der Waals surface area contributed by atoms with Crippen LogP contribution in [0.25, 0.3) is 5.69 Å². The molecule has 162 valence electrons. The van der Waals surface area contributed by atoms with E-state index in [1.54, 1.807) is 16.8 Å². The molecule has 0 saturated carbocycles. The van der Waals surface area contributed by atoms with Crippen molar-refractivity contribution in [1.29, 1.82) is 0 Å². The Morgan fingerprint density at radius 3 is 2.62 bits per heavy atom. The molecule has 0 atom stereocenters. The molecule has 0 bridgehead atoms. The summed E-state index contributed by atoms with van der Waals surface area (Å²) in [5.74, 6) is 0.00797. The number of hydrogen-bond acceptors (Lipinski definition) is 4. The molecular weight excluding hydrogens is 404 g/mol. The van der Waals surface area contributed by atoms with Crippen molar-refractivity contribution in [3.05, 3.63) is 76.5 Å². The molecule has 1 aliphatic carbocycles. The summed E-state index contributed by atoms with van der Waals surface area (Å²) in [7, 11) is 0. The SMILES string of the molecule is Cc1ccc2c(c1)C(=O)N(CCCC(=O)Nc1c3c(nn1-c1ccccc1)CCC3)C2=O. The van der Waals surface area contributed by atoms with Gasteiger partial charge in [-0.15, -0.1) is 0 Å². The molecule has 5 rings (SSSR count). The first kappa shape index (κ1) is 20.2. The van der Waals surface area contributed by atoms with Crippen molar-refractivity contribution in [2.45, 2.75) is 39.0 Å². The maximum atomic E-state index is 12.8. The monoisotopic (exact) mass is 428 g/mol. The summed E-state index contributed by atoms with van der Waals surface area (Å²) in [6, 6.07) is 15.0. The summed E-state index contributed by atoms with van der Waals surface area (Å²) in [5.41, 5.74) is 4.85. The maximum absolute atomic E-state index is 12.8. The van der Waals surface area contributed by atoms with E-state index in [4.69, 9.17) is 5.10 Å². The number of carbonyl (C=O) groups excluding carboxylic acids is 3. The molecule has 2 heterocycles. The summed E-state index contributed by atoms with van der Waals surface area (Å²) in [6.07, 6.45) is 3.46. The van der Waals surface area contributed by atoms with Crippen LogP contribution in [-0.4, -0.2) is 38.9 Å².